The van der Waals surface area contributed by atoms with Gasteiger partial charge in [-0.2, -0.15) is 0 Å². The molecule has 0 bridgehead atoms. The standard InChI is InChI=1S/C26H19BrCl2N2O4/c1-14-3-5-16(6-4-14)13-35-23-21(28)11-17(12-22(23)29)10-19-24(32)30-26(34)31(25(19)33)18-7-8-20(27)15(2)9-18/h3-12H,13H2,1-2H3,(H,30,32,34)/b19-10+. The molecular formula is C26H19BrCl2N2O4. The number of hydrogen-bond donors (Lipinski definition) is 1. The Morgan fingerprint density at radius 1 is 0.971 bits per heavy atom. The first kappa shape index (κ1) is 25.0. The monoisotopic (exact) mass is 572 g/mol. The van der Waals surface area contributed by atoms with Crippen molar-refractivity contribution < 1.29 is 19.1 Å². The highest BCUT2D eigenvalue weighted by atomic mass is 79.9. The fraction of sp³-hybridized carbons (Fsp3) is 0.115. The highest BCUT2D eigenvalue weighted by Gasteiger charge is 2.37. The topological polar surface area (TPSA) is 75.7 Å². The molecule has 1 aliphatic rings. The van der Waals surface area contributed by atoms with Crippen molar-refractivity contribution in [2.45, 2.75) is 20.5 Å². The van der Waals surface area contributed by atoms with E-state index in [2.05, 4.69) is 21.2 Å². The van der Waals surface area contributed by atoms with E-state index >= 15 is 0 Å². The average molecular weight is 574 g/mol. The molecule has 3 aromatic carbocycles. The summed E-state index contributed by atoms with van der Waals surface area (Å²) in [6.07, 6.45) is 1.34. The van der Waals surface area contributed by atoms with E-state index in [0.717, 1.165) is 26.1 Å². The SMILES string of the molecule is Cc1ccc(COc2c(Cl)cc(/C=C3\C(=O)NC(=O)N(c4ccc(Br)c(C)c4)C3=O)cc2Cl)cc1. The number of nitrogens with zero attached hydrogens (tertiary/aromatic N) is 1. The van der Waals surface area contributed by atoms with E-state index < -0.39 is 17.8 Å². The number of imide groups is 2. The summed E-state index contributed by atoms with van der Waals surface area (Å²) < 4.78 is 6.63. The number of halogens is 3. The number of ether oxygens (including phenoxy) is 1. The summed E-state index contributed by atoms with van der Waals surface area (Å²) in [6, 6.07) is 15.1. The number of barbiturate groups is 1. The molecule has 6 nitrogen and oxygen atoms in total. The molecule has 0 aromatic heterocycles. The lowest BCUT2D eigenvalue weighted by Crippen LogP contribution is -2.54. The lowest BCUT2D eigenvalue weighted by molar-refractivity contribution is -0.122. The number of carbonyl (C=O) groups excluding carboxylic acids is 3. The Morgan fingerprint density at radius 2 is 1.63 bits per heavy atom. The summed E-state index contributed by atoms with van der Waals surface area (Å²) in [6.45, 7) is 4.09. The Kier molecular flexibility index (Phi) is 7.31. The first-order valence-electron chi connectivity index (χ1n) is 10.5. The zero-order chi connectivity index (χ0) is 25.3. The van der Waals surface area contributed by atoms with Gasteiger partial charge in [0.05, 0.1) is 15.7 Å². The van der Waals surface area contributed by atoms with Crippen molar-refractivity contribution >= 4 is 68.7 Å². The van der Waals surface area contributed by atoms with Gasteiger partial charge < -0.3 is 4.74 Å². The Bertz CT molecular complexity index is 1360. The van der Waals surface area contributed by atoms with Crippen molar-refractivity contribution in [1.29, 1.82) is 0 Å². The lowest BCUT2D eigenvalue weighted by Gasteiger charge is -2.26. The molecule has 0 unspecified atom stereocenters. The van der Waals surface area contributed by atoms with Crippen LogP contribution in [0.25, 0.3) is 6.08 Å². The first-order chi connectivity index (χ1) is 16.6. The molecule has 0 atom stereocenters. The maximum absolute atomic E-state index is 13.1. The van der Waals surface area contributed by atoms with E-state index in [-0.39, 0.29) is 28.0 Å². The van der Waals surface area contributed by atoms with Crippen LogP contribution < -0.4 is 15.0 Å². The van der Waals surface area contributed by atoms with Crippen LogP contribution in [0.5, 0.6) is 5.75 Å². The molecule has 1 fully saturated rings. The summed E-state index contributed by atoms with van der Waals surface area (Å²) in [5, 5.41) is 2.64. The normalized spacial score (nSPS) is 14.9. The van der Waals surface area contributed by atoms with Crippen molar-refractivity contribution in [3.05, 3.63) is 96.9 Å². The van der Waals surface area contributed by atoms with Crippen LogP contribution in [-0.4, -0.2) is 17.8 Å². The van der Waals surface area contributed by atoms with E-state index in [1.807, 2.05) is 38.1 Å². The Labute approximate surface area is 220 Å². The molecule has 178 valence electrons. The maximum atomic E-state index is 13.1. The molecule has 3 aromatic rings. The summed E-state index contributed by atoms with van der Waals surface area (Å²) in [5.74, 6) is -1.28. The molecule has 4 amide bonds. The third kappa shape index (κ3) is 5.42. The Hall–Kier alpha value is -3.13. The highest BCUT2D eigenvalue weighted by molar-refractivity contribution is 9.10. The minimum Gasteiger partial charge on any atom is -0.486 e. The van der Waals surface area contributed by atoms with Crippen LogP contribution in [0.1, 0.15) is 22.3 Å². The van der Waals surface area contributed by atoms with Crippen LogP contribution in [0.4, 0.5) is 10.5 Å². The summed E-state index contributed by atoms with van der Waals surface area (Å²) in [5.41, 5.74) is 3.42. The van der Waals surface area contributed by atoms with E-state index in [4.69, 9.17) is 27.9 Å². The molecule has 4 rings (SSSR count). The lowest BCUT2D eigenvalue weighted by atomic mass is 10.1. The predicted molar refractivity (Wildman–Crippen MR) is 140 cm³/mol. The smallest absolute Gasteiger partial charge is 0.335 e. The Balaban J connectivity index is 1.61. The van der Waals surface area contributed by atoms with Gasteiger partial charge in [0.15, 0.2) is 5.75 Å². The van der Waals surface area contributed by atoms with Crippen molar-refractivity contribution in [1.82, 2.24) is 5.32 Å². The van der Waals surface area contributed by atoms with Crippen LogP contribution in [0.2, 0.25) is 10.0 Å². The Morgan fingerprint density at radius 3 is 2.26 bits per heavy atom. The predicted octanol–water partition coefficient (Wildman–Crippen LogP) is 6.62. The molecule has 9 heteroatoms. The molecule has 35 heavy (non-hydrogen) atoms. The second kappa shape index (κ2) is 10.2. The first-order valence-corrected chi connectivity index (χ1v) is 12.0. The number of nitrogens with one attached hydrogen (secondary N) is 1. The number of aryl methyl sites for hydroxylation is 2. The molecular weight excluding hydrogens is 555 g/mol. The van der Waals surface area contributed by atoms with Crippen LogP contribution >= 0.6 is 39.1 Å². The molecule has 1 aliphatic heterocycles. The summed E-state index contributed by atoms with van der Waals surface area (Å²) in [4.78, 5) is 39.0. The zero-order valence-electron chi connectivity index (χ0n) is 18.7. The number of benzene rings is 3. The largest absolute Gasteiger partial charge is 0.486 e. The van der Waals surface area contributed by atoms with Gasteiger partial charge in [-0.1, -0.05) is 69.0 Å². The van der Waals surface area contributed by atoms with Gasteiger partial charge in [0, 0.05) is 4.47 Å². The summed E-state index contributed by atoms with van der Waals surface area (Å²) >= 11 is 16.2. The van der Waals surface area contributed by atoms with Gasteiger partial charge >= 0.3 is 6.03 Å². The van der Waals surface area contributed by atoms with E-state index in [0.29, 0.717) is 11.3 Å². The van der Waals surface area contributed by atoms with Gasteiger partial charge in [0.2, 0.25) is 0 Å². The quantitative estimate of drug-likeness (QED) is 0.275. The van der Waals surface area contributed by atoms with Crippen molar-refractivity contribution in [2.24, 2.45) is 0 Å². The second-order valence-electron chi connectivity index (χ2n) is 7.98. The number of amides is 4. The van der Waals surface area contributed by atoms with Gasteiger partial charge in [-0.25, -0.2) is 9.69 Å². The number of rotatable bonds is 5. The number of carbonyl (C=O) groups is 3. The molecule has 0 saturated carbocycles. The number of anilines is 1. The minimum atomic E-state index is -0.824. The number of hydrogen-bond acceptors (Lipinski definition) is 4. The van der Waals surface area contributed by atoms with E-state index in [9.17, 15) is 14.4 Å². The molecule has 0 aliphatic carbocycles. The third-order valence-corrected chi connectivity index (χ3v) is 6.79. The van der Waals surface area contributed by atoms with Gasteiger partial charge in [-0.05, 0) is 66.9 Å². The van der Waals surface area contributed by atoms with Crippen molar-refractivity contribution in [2.75, 3.05) is 4.90 Å². The van der Waals surface area contributed by atoms with Crippen LogP contribution in [0.3, 0.4) is 0 Å². The van der Waals surface area contributed by atoms with E-state index in [1.54, 1.807) is 18.2 Å². The minimum absolute atomic E-state index is 0.219. The van der Waals surface area contributed by atoms with Crippen LogP contribution in [0.15, 0.2) is 64.6 Å². The number of urea groups is 1. The maximum Gasteiger partial charge on any atom is 0.335 e. The molecule has 1 heterocycles. The van der Waals surface area contributed by atoms with Gasteiger partial charge in [0.1, 0.15) is 12.2 Å². The average Bonchev–Trinajstić information content (AvgIpc) is 2.79. The van der Waals surface area contributed by atoms with Gasteiger partial charge in [-0.15, -0.1) is 0 Å². The fourth-order valence-corrected chi connectivity index (χ4v) is 4.33. The van der Waals surface area contributed by atoms with Crippen molar-refractivity contribution in [3.63, 3.8) is 0 Å². The van der Waals surface area contributed by atoms with Crippen molar-refractivity contribution in [3.8, 4) is 5.75 Å². The van der Waals surface area contributed by atoms with Crippen LogP contribution in [0, 0.1) is 13.8 Å². The fourth-order valence-electron chi connectivity index (χ4n) is 3.47. The molecule has 1 N–H and O–H groups in total. The van der Waals surface area contributed by atoms with Gasteiger partial charge in [-0.3, -0.25) is 14.9 Å². The second-order valence-corrected chi connectivity index (χ2v) is 9.65. The van der Waals surface area contributed by atoms with E-state index in [1.165, 1.54) is 18.2 Å². The van der Waals surface area contributed by atoms with Crippen LogP contribution in [-0.2, 0) is 16.2 Å². The third-order valence-electron chi connectivity index (χ3n) is 5.34. The highest BCUT2D eigenvalue weighted by Crippen LogP contribution is 2.36. The summed E-state index contributed by atoms with van der Waals surface area (Å²) in [7, 11) is 0. The molecule has 0 radical (unpaired) electrons. The zero-order valence-corrected chi connectivity index (χ0v) is 21.8. The molecule has 0 spiro atoms. The molecule has 1 saturated heterocycles. The van der Waals surface area contributed by atoms with Gasteiger partial charge in [0.25, 0.3) is 11.8 Å².